The van der Waals surface area contributed by atoms with Crippen molar-refractivity contribution < 1.29 is 4.42 Å². The van der Waals surface area contributed by atoms with Gasteiger partial charge in [0, 0.05) is 16.5 Å². The van der Waals surface area contributed by atoms with Crippen molar-refractivity contribution in [3.63, 3.8) is 0 Å². The molecule has 2 aromatic carbocycles. The molecule has 4 heteroatoms. The average molecular weight is 303 g/mol. The Kier molecular flexibility index (Phi) is 3.32. The van der Waals surface area contributed by atoms with Gasteiger partial charge in [0.05, 0.1) is 10.4 Å². The second-order valence-electron chi connectivity index (χ2n) is 4.62. The highest BCUT2D eigenvalue weighted by Crippen LogP contribution is 2.31. The summed E-state index contributed by atoms with van der Waals surface area (Å²) in [6.45, 7) is 2.00. The van der Waals surface area contributed by atoms with E-state index in [9.17, 15) is 4.79 Å². The van der Waals surface area contributed by atoms with Crippen LogP contribution in [0.25, 0.3) is 22.3 Å². The van der Waals surface area contributed by atoms with Gasteiger partial charge in [0.15, 0.2) is 11.0 Å². The third kappa shape index (κ3) is 2.23. The van der Waals surface area contributed by atoms with Crippen LogP contribution in [0, 0.1) is 6.92 Å². The molecule has 0 spiro atoms. The van der Waals surface area contributed by atoms with Crippen molar-refractivity contribution >= 4 is 35.2 Å². The van der Waals surface area contributed by atoms with Crippen LogP contribution in [-0.4, -0.2) is 0 Å². The first-order chi connectivity index (χ1) is 9.56. The molecule has 0 N–H and O–H groups in total. The van der Waals surface area contributed by atoms with Gasteiger partial charge in [-0.1, -0.05) is 41.4 Å². The standard InChI is InChI=1S/C16H11ClO2S/c1-9-2-4-10(5-3-9)13-8-12(18)11-6-7-14(20)15(17)16(11)19-13/h2-8,20H,1H3. The number of thiol groups is 1. The van der Waals surface area contributed by atoms with Crippen molar-refractivity contribution in [1.29, 1.82) is 0 Å². The third-order valence-corrected chi connectivity index (χ3v) is 4.03. The van der Waals surface area contributed by atoms with Gasteiger partial charge in [0.2, 0.25) is 0 Å². The van der Waals surface area contributed by atoms with E-state index >= 15 is 0 Å². The Labute approximate surface area is 126 Å². The fourth-order valence-corrected chi connectivity index (χ4v) is 2.42. The van der Waals surface area contributed by atoms with Crippen LogP contribution in [0.5, 0.6) is 0 Å². The smallest absolute Gasteiger partial charge is 0.193 e. The van der Waals surface area contributed by atoms with Crippen LogP contribution >= 0.6 is 24.2 Å². The van der Waals surface area contributed by atoms with Crippen LogP contribution in [0.2, 0.25) is 5.02 Å². The van der Waals surface area contributed by atoms with E-state index in [1.807, 2.05) is 31.2 Å². The lowest BCUT2D eigenvalue weighted by Crippen LogP contribution is -2.00. The molecule has 0 fully saturated rings. The van der Waals surface area contributed by atoms with Gasteiger partial charge in [0.25, 0.3) is 0 Å². The van der Waals surface area contributed by atoms with Crippen molar-refractivity contribution in [3.05, 3.63) is 63.3 Å². The molecular weight excluding hydrogens is 292 g/mol. The van der Waals surface area contributed by atoms with Gasteiger partial charge in [-0.15, -0.1) is 12.6 Å². The minimum atomic E-state index is -0.114. The van der Waals surface area contributed by atoms with Crippen LogP contribution in [0.15, 0.2) is 56.6 Å². The first-order valence-electron chi connectivity index (χ1n) is 6.08. The Morgan fingerprint density at radius 2 is 1.80 bits per heavy atom. The molecule has 0 saturated heterocycles. The van der Waals surface area contributed by atoms with E-state index in [-0.39, 0.29) is 5.43 Å². The lowest BCUT2D eigenvalue weighted by molar-refractivity contribution is 0.618. The highest BCUT2D eigenvalue weighted by molar-refractivity contribution is 7.80. The van der Waals surface area contributed by atoms with E-state index in [4.69, 9.17) is 16.0 Å². The quantitative estimate of drug-likeness (QED) is 0.660. The largest absolute Gasteiger partial charge is 0.454 e. The lowest BCUT2D eigenvalue weighted by Gasteiger charge is -2.06. The van der Waals surface area contributed by atoms with Gasteiger partial charge >= 0.3 is 0 Å². The highest BCUT2D eigenvalue weighted by Gasteiger charge is 2.11. The molecule has 0 radical (unpaired) electrons. The molecule has 3 rings (SSSR count). The van der Waals surface area contributed by atoms with Gasteiger partial charge in [0.1, 0.15) is 5.76 Å². The van der Waals surface area contributed by atoms with Crippen LogP contribution < -0.4 is 5.43 Å². The third-order valence-electron chi connectivity index (χ3n) is 3.15. The van der Waals surface area contributed by atoms with E-state index in [2.05, 4.69) is 12.6 Å². The molecule has 0 aliphatic rings. The monoisotopic (exact) mass is 302 g/mol. The summed E-state index contributed by atoms with van der Waals surface area (Å²) in [5, 5.41) is 0.820. The van der Waals surface area contributed by atoms with Crippen molar-refractivity contribution in [1.82, 2.24) is 0 Å². The number of hydrogen-bond donors (Lipinski definition) is 1. The summed E-state index contributed by atoms with van der Waals surface area (Å²) in [7, 11) is 0. The van der Waals surface area contributed by atoms with Crippen LogP contribution in [-0.2, 0) is 0 Å². The summed E-state index contributed by atoms with van der Waals surface area (Å²) < 4.78 is 5.80. The zero-order valence-corrected chi connectivity index (χ0v) is 12.3. The number of fused-ring (bicyclic) bond motifs is 1. The van der Waals surface area contributed by atoms with E-state index in [1.54, 1.807) is 12.1 Å². The summed E-state index contributed by atoms with van der Waals surface area (Å²) in [4.78, 5) is 12.7. The van der Waals surface area contributed by atoms with Gasteiger partial charge < -0.3 is 4.42 Å². The molecule has 0 atom stereocenters. The van der Waals surface area contributed by atoms with Crippen molar-refractivity contribution in [2.75, 3.05) is 0 Å². The maximum atomic E-state index is 12.2. The van der Waals surface area contributed by atoms with Crippen molar-refractivity contribution in [3.8, 4) is 11.3 Å². The Bertz CT molecular complexity index is 851. The fraction of sp³-hybridized carbons (Fsp3) is 0.0625. The normalized spacial score (nSPS) is 10.9. The maximum Gasteiger partial charge on any atom is 0.193 e. The van der Waals surface area contributed by atoms with Crippen LogP contribution in [0.3, 0.4) is 0 Å². The predicted octanol–water partition coefficient (Wildman–Crippen LogP) is 4.71. The second kappa shape index (κ2) is 5.00. The number of halogens is 1. The molecule has 3 aromatic rings. The van der Waals surface area contributed by atoms with Crippen molar-refractivity contribution in [2.24, 2.45) is 0 Å². The van der Waals surface area contributed by atoms with E-state index < -0.39 is 0 Å². The van der Waals surface area contributed by atoms with Crippen LogP contribution in [0.4, 0.5) is 0 Å². The summed E-state index contributed by atoms with van der Waals surface area (Å²) in [5.41, 5.74) is 2.25. The molecule has 1 aromatic heterocycles. The minimum absolute atomic E-state index is 0.114. The summed E-state index contributed by atoms with van der Waals surface area (Å²) in [6, 6.07) is 12.6. The number of hydrogen-bond acceptors (Lipinski definition) is 3. The van der Waals surface area contributed by atoms with E-state index in [0.717, 1.165) is 11.1 Å². The molecule has 0 unspecified atom stereocenters. The van der Waals surface area contributed by atoms with E-state index in [1.165, 1.54) is 6.07 Å². The second-order valence-corrected chi connectivity index (χ2v) is 5.48. The van der Waals surface area contributed by atoms with Crippen LogP contribution in [0.1, 0.15) is 5.56 Å². The van der Waals surface area contributed by atoms with Gasteiger partial charge in [-0.25, -0.2) is 0 Å². The zero-order chi connectivity index (χ0) is 14.3. The lowest BCUT2D eigenvalue weighted by atomic mass is 10.1. The Morgan fingerprint density at radius 3 is 2.50 bits per heavy atom. The van der Waals surface area contributed by atoms with Gasteiger partial charge in [-0.2, -0.15) is 0 Å². The SMILES string of the molecule is Cc1ccc(-c2cc(=O)c3ccc(S)c(Cl)c3o2)cc1. The molecule has 100 valence electrons. The Hall–Kier alpha value is -1.71. The van der Waals surface area contributed by atoms with Gasteiger partial charge in [-0.05, 0) is 19.1 Å². The Morgan fingerprint density at radius 1 is 1.10 bits per heavy atom. The number of benzene rings is 2. The predicted molar refractivity (Wildman–Crippen MR) is 84.9 cm³/mol. The fourth-order valence-electron chi connectivity index (χ4n) is 2.04. The molecule has 0 saturated carbocycles. The summed E-state index contributed by atoms with van der Waals surface area (Å²) >= 11 is 10.4. The van der Waals surface area contributed by atoms with E-state index in [0.29, 0.717) is 26.6 Å². The molecule has 20 heavy (non-hydrogen) atoms. The average Bonchev–Trinajstić information content (AvgIpc) is 2.44. The minimum Gasteiger partial charge on any atom is -0.454 e. The molecule has 1 heterocycles. The molecule has 0 aliphatic carbocycles. The molecule has 0 amide bonds. The topological polar surface area (TPSA) is 30.2 Å². The summed E-state index contributed by atoms with van der Waals surface area (Å²) in [5.74, 6) is 0.503. The first-order valence-corrected chi connectivity index (χ1v) is 6.91. The molecule has 0 bridgehead atoms. The Balaban J connectivity index is 2.31. The molecule has 0 aliphatic heterocycles. The number of rotatable bonds is 1. The molecular formula is C16H11ClO2S. The molecule has 2 nitrogen and oxygen atoms in total. The number of aryl methyl sites for hydroxylation is 1. The summed E-state index contributed by atoms with van der Waals surface area (Å²) in [6.07, 6.45) is 0. The zero-order valence-electron chi connectivity index (χ0n) is 10.7. The van der Waals surface area contributed by atoms with Gasteiger partial charge in [-0.3, -0.25) is 4.79 Å². The highest BCUT2D eigenvalue weighted by atomic mass is 35.5. The maximum absolute atomic E-state index is 12.2. The van der Waals surface area contributed by atoms with Crippen molar-refractivity contribution in [2.45, 2.75) is 11.8 Å². The first kappa shape index (κ1) is 13.3.